The molecule has 0 amide bonds. The molecule has 0 aliphatic heterocycles. The molecule has 0 bridgehead atoms. The Bertz CT molecular complexity index is 496. The summed E-state index contributed by atoms with van der Waals surface area (Å²) < 4.78 is 0. The molecular formula is C19H26O2. The van der Waals surface area contributed by atoms with Crippen molar-refractivity contribution in [3.8, 4) is 0 Å². The standard InChI is InChI=1S/C19H26O2/c1-19(2,3)18(21)13-16(14-9-5-4-6-10-14)15-11-7-8-12-17(15)20/h4-6,9-10,15-16H,7-8,11-13H2,1-3H3. The van der Waals surface area contributed by atoms with Gasteiger partial charge in [0.05, 0.1) is 0 Å². The Labute approximate surface area is 127 Å². The number of carbonyl (C=O) groups is 2. The summed E-state index contributed by atoms with van der Waals surface area (Å²) in [6, 6.07) is 10.1. The van der Waals surface area contributed by atoms with E-state index in [1.54, 1.807) is 0 Å². The van der Waals surface area contributed by atoms with Gasteiger partial charge in [0.15, 0.2) is 0 Å². The van der Waals surface area contributed by atoms with Crippen molar-refractivity contribution in [2.24, 2.45) is 11.3 Å². The van der Waals surface area contributed by atoms with Gasteiger partial charge in [-0.05, 0) is 18.4 Å². The van der Waals surface area contributed by atoms with Crippen molar-refractivity contribution in [2.45, 2.75) is 58.8 Å². The number of hydrogen-bond acceptors (Lipinski definition) is 2. The van der Waals surface area contributed by atoms with Crippen LogP contribution in [0.5, 0.6) is 0 Å². The van der Waals surface area contributed by atoms with E-state index >= 15 is 0 Å². The molecule has 1 aromatic rings. The van der Waals surface area contributed by atoms with Gasteiger partial charge in [0.25, 0.3) is 0 Å². The lowest BCUT2D eigenvalue weighted by Gasteiger charge is -2.31. The van der Waals surface area contributed by atoms with E-state index < -0.39 is 0 Å². The Morgan fingerprint density at radius 3 is 2.43 bits per heavy atom. The summed E-state index contributed by atoms with van der Waals surface area (Å²) in [5.74, 6) is 0.657. The Morgan fingerprint density at radius 1 is 1.19 bits per heavy atom. The highest BCUT2D eigenvalue weighted by Gasteiger charge is 2.34. The van der Waals surface area contributed by atoms with Crippen molar-refractivity contribution >= 4 is 11.6 Å². The topological polar surface area (TPSA) is 34.1 Å². The zero-order valence-electron chi connectivity index (χ0n) is 13.4. The van der Waals surface area contributed by atoms with Crippen LogP contribution in [0.1, 0.15) is 64.4 Å². The second kappa shape index (κ2) is 6.55. The maximum Gasteiger partial charge on any atom is 0.138 e. The first-order valence-electron chi connectivity index (χ1n) is 8.00. The van der Waals surface area contributed by atoms with Gasteiger partial charge in [-0.25, -0.2) is 0 Å². The van der Waals surface area contributed by atoms with Gasteiger partial charge in [-0.3, -0.25) is 9.59 Å². The minimum atomic E-state index is -0.343. The second-order valence-corrected chi connectivity index (χ2v) is 7.21. The Hall–Kier alpha value is -1.44. The minimum Gasteiger partial charge on any atom is -0.299 e. The molecule has 1 fully saturated rings. The normalized spacial score (nSPS) is 21.1. The van der Waals surface area contributed by atoms with E-state index in [1.165, 1.54) is 0 Å². The first-order chi connectivity index (χ1) is 9.89. The van der Waals surface area contributed by atoms with Gasteiger partial charge in [-0.15, -0.1) is 0 Å². The number of carbonyl (C=O) groups excluding carboxylic acids is 2. The SMILES string of the molecule is CC(C)(C)C(=O)CC(c1ccccc1)C1CCCCC1=O. The van der Waals surface area contributed by atoms with E-state index in [9.17, 15) is 9.59 Å². The maximum atomic E-state index is 12.5. The van der Waals surface area contributed by atoms with Crippen molar-refractivity contribution in [3.63, 3.8) is 0 Å². The van der Waals surface area contributed by atoms with Crippen molar-refractivity contribution in [2.75, 3.05) is 0 Å². The van der Waals surface area contributed by atoms with Crippen LogP contribution in [0.15, 0.2) is 30.3 Å². The summed E-state index contributed by atoms with van der Waals surface area (Å²) in [5, 5.41) is 0. The zero-order chi connectivity index (χ0) is 15.5. The number of rotatable bonds is 4. The average molecular weight is 286 g/mol. The molecule has 114 valence electrons. The predicted octanol–water partition coefficient (Wildman–Crippen LogP) is 4.53. The van der Waals surface area contributed by atoms with Crippen LogP contribution in [0.3, 0.4) is 0 Å². The summed E-state index contributed by atoms with van der Waals surface area (Å²) >= 11 is 0. The summed E-state index contributed by atoms with van der Waals surface area (Å²) in [4.78, 5) is 24.8. The molecule has 1 saturated carbocycles. The first kappa shape index (κ1) is 15.9. The highest BCUT2D eigenvalue weighted by molar-refractivity contribution is 5.87. The molecule has 21 heavy (non-hydrogen) atoms. The van der Waals surface area contributed by atoms with Crippen LogP contribution < -0.4 is 0 Å². The van der Waals surface area contributed by atoms with Crippen molar-refractivity contribution in [1.29, 1.82) is 0 Å². The third-order valence-electron chi connectivity index (χ3n) is 4.56. The lowest BCUT2D eigenvalue weighted by atomic mass is 9.72. The fourth-order valence-corrected chi connectivity index (χ4v) is 3.13. The van der Waals surface area contributed by atoms with Gasteiger partial charge < -0.3 is 0 Å². The molecular weight excluding hydrogens is 260 g/mol. The molecule has 2 rings (SSSR count). The third-order valence-corrected chi connectivity index (χ3v) is 4.56. The molecule has 0 aromatic heterocycles. The van der Waals surface area contributed by atoms with Gasteiger partial charge in [0.2, 0.25) is 0 Å². The van der Waals surface area contributed by atoms with E-state index in [0.29, 0.717) is 18.6 Å². The molecule has 0 N–H and O–H groups in total. The maximum absolute atomic E-state index is 12.5. The van der Waals surface area contributed by atoms with Gasteiger partial charge in [0.1, 0.15) is 11.6 Å². The molecule has 2 unspecified atom stereocenters. The van der Waals surface area contributed by atoms with Gasteiger partial charge in [-0.1, -0.05) is 57.5 Å². The number of ketones is 2. The van der Waals surface area contributed by atoms with Crippen molar-refractivity contribution < 1.29 is 9.59 Å². The van der Waals surface area contributed by atoms with Crippen molar-refractivity contribution in [3.05, 3.63) is 35.9 Å². The largest absolute Gasteiger partial charge is 0.299 e. The molecule has 0 radical (unpaired) electrons. The van der Waals surface area contributed by atoms with Crippen LogP contribution in [0, 0.1) is 11.3 Å². The van der Waals surface area contributed by atoms with Crippen LogP contribution in [-0.4, -0.2) is 11.6 Å². The van der Waals surface area contributed by atoms with Crippen LogP contribution in [-0.2, 0) is 9.59 Å². The van der Waals surface area contributed by atoms with Crippen LogP contribution in [0.25, 0.3) is 0 Å². The van der Waals surface area contributed by atoms with Crippen LogP contribution in [0.2, 0.25) is 0 Å². The quantitative estimate of drug-likeness (QED) is 0.814. The van der Waals surface area contributed by atoms with Crippen molar-refractivity contribution in [1.82, 2.24) is 0 Å². The summed E-state index contributed by atoms with van der Waals surface area (Å²) in [7, 11) is 0. The van der Waals surface area contributed by atoms with Crippen LogP contribution >= 0.6 is 0 Å². The lowest BCUT2D eigenvalue weighted by Crippen LogP contribution is -2.30. The highest BCUT2D eigenvalue weighted by atomic mass is 16.1. The molecule has 2 nitrogen and oxygen atoms in total. The summed E-state index contributed by atoms with van der Waals surface area (Å²) in [5.41, 5.74) is 0.792. The predicted molar refractivity (Wildman–Crippen MR) is 85.2 cm³/mol. The zero-order valence-corrected chi connectivity index (χ0v) is 13.4. The van der Waals surface area contributed by atoms with Gasteiger partial charge in [-0.2, -0.15) is 0 Å². The fourth-order valence-electron chi connectivity index (χ4n) is 3.13. The number of Topliss-reactive ketones (excluding diaryl/α,β-unsaturated/α-hetero) is 2. The fraction of sp³-hybridized carbons (Fsp3) is 0.579. The Kier molecular flexibility index (Phi) is 4.97. The lowest BCUT2D eigenvalue weighted by molar-refractivity contribution is -0.129. The van der Waals surface area contributed by atoms with Crippen LogP contribution in [0.4, 0.5) is 0 Å². The Morgan fingerprint density at radius 2 is 1.86 bits per heavy atom. The van der Waals surface area contributed by atoms with Gasteiger partial charge >= 0.3 is 0 Å². The Balaban J connectivity index is 2.26. The smallest absolute Gasteiger partial charge is 0.138 e. The molecule has 2 heteroatoms. The summed E-state index contributed by atoms with van der Waals surface area (Å²) in [6.07, 6.45) is 4.19. The highest BCUT2D eigenvalue weighted by Crippen LogP contribution is 2.38. The van der Waals surface area contributed by atoms with E-state index in [2.05, 4.69) is 12.1 Å². The molecule has 0 heterocycles. The minimum absolute atomic E-state index is 0.0208. The average Bonchev–Trinajstić information content (AvgIpc) is 2.45. The van der Waals surface area contributed by atoms with E-state index in [1.807, 2.05) is 39.0 Å². The third kappa shape index (κ3) is 4.03. The second-order valence-electron chi connectivity index (χ2n) is 7.21. The molecule has 1 aromatic carbocycles. The summed E-state index contributed by atoms with van der Waals surface area (Å²) in [6.45, 7) is 5.88. The number of benzene rings is 1. The monoisotopic (exact) mass is 286 g/mol. The molecule has 2 atom stereocenters. The molecule has 1 aliphatic rings. The molecule has 0 saturated heterocycles. The first-order valence-corrected chi connectivity index (χ1v) is 8.00. The van der Waals surface area contributed by atoms with Gasteiger partial charge in [0, 0.05) is 30.1 Å². The number of hydrogen-bond donors (Lipinski definition) is 0. The molecule has 1 aliphatic carbocycles. The van der Waals surface area contributed by atoms with E-state index in [4.69, 9.17) is 0 Å². The van der Waals surface area contributed by atoms with E-state index in [0.717, 1.165) is 24.8 Å². The van der Waals surface area contributed by atoms with E-state index in [-0.39, 0.29) is 23.0 Å². The molecule has 0 spiro atoms.